The molecule has 0 aliphatic carbocycles. The molecule has 4 nitrogen and oxygen atoms in total. The minimum absolute atomic E-state index is 0.0257. The van der Waals surface area contributed by atoms with Crippen LogP contribution >= 0.6 is 23.2 Å². The first-order valence-corrected chi connectivity index (χ1v) is 3.75. The molecule has 0 amide bonds. The van der Waals surface area contributed by atoms with Crippen LogP contribution in [0.4, 0.5) is 0 Å². The van der Waals surface area contributed by atoms with Crippen LogP contribution < -0.4 is 0 Å². The molecule has 62 valence electrons. The topological polar surface area (TPSA) is 52.1 Å². The van der Waals surface area contributed by atoms with Crippen molar-refractivity contribution in [3.05, 3.63) is 22.9 Å². The van der Waals surface area contributed by atoms with E-state index in [1.165, 1.54) is 6.26 Å². The van der Waals surface area contributed by atoms with Crippen molar-refractivity contribution in [1.29, 1.82) is 0 Å². The Hall–Kier alpha value is -1.000. The molecule has 0 spiro atoms. The Morgan fingerprint density at radius 1 is 1.25 bits per heavy atom. The molecule has 0 bridgehead atoms. The number of hydrogen-bond donors (Lipinski definition) is 0. The smallest absolute Gasteiger partial charge is 0.313 e. The average molecular weight is 205 g/mol. The maximum absolute atomic E-state index is 5.65. The number of hydrogen-bond acceptors (Lipinski definition) is 4. The molecular weight excluding hydrogens is 203 g/mol. The Morgan fingerprint density at radius 3 is 2.58 bits per heavy atom. The molecule has 2 aromatic heterocycles. The van der Waals surface area contributed by atoms with Crippen molar-refractivity contribution < 1.29 is 8.83 Å². The summed E-state index contributed by atoms with van der Waals surface area (Å²) in [4.78, 5) is 0. The van der Waals surface area contributed by atoms with E-state index < -0.39 is 0 Å². The first-order valence-electron chi connectivity index (χ1n) is 3.00. The first-order chi connectivity index (χ1) is 5.77. The van der Waals surface area contributed by atoms with Crippen molar-refractivity contribution in [3.8, 4) is 11.5 Å². The number of halogens is 2. The second-order valence-corrected chi connectivity index (χ2v) is 2.63. The molecule has 0 aromatic carbocycles. The number of furan rings is 1. The SMILES string of the molecule is Clc1nnc(-c2ccoc2Cl)o1. The van der Waals surface area contributed by atoms with Crippen molar-refractivity contribution >= 4 is 23.2 Å². The summed E-state index contributed by atoms with van der Waals surface area (Å²) in [5.41, 5.74) is 0.538. The largest absolute Gasteiger partial charge is 0.452 e. The van der Waals surface area contributed by atoms with Gasteiger partial charge in [0, 0.05) is 0 Å². The maximum Gasteiger partial charge on any atom is 0.313 e. The van der Waals surface area contributed by atoms with Crippen LogP contribution in [0.5, 0.6) is 0 Å². The lowest BCUT2D eigenvalue weighted by Crippen LogP contribution is -1.73. The van der Waals surface area contributed by atoms with E-state index in [9.17, 15) is 0 Å². The lowest BCUT2D eigenvalue weighted by atomic mass is 10.3. The molecule has 0 radical (unpaired) electrons. The van der Waals surface area contributed by atoms with Crippen molar-refractivity contribution in [2.45, 2.75) is 0 Å². The third-order valence-electron chi connectivity index (χ3n) is 1.25. The zero-order valence-electron chi connectivity index (χ0n) is 5.62. The predicted octanol–water partition coefficient (Wildman–Crippen LogP) is 2.64. The fraction of sp³-hybridized carbons (Fsp3) is 0. The molecule has 0 unspecified atom stereocenters. The Balaban J connectivity index is 2.50. The normalized spacial score (nSPS) is 10.5. The zero-order valence-corrected chi connectivity index (χ0v) is 7.13. The van der Waals surface area contributed by atoms with Crippen LogP contribution in [0.3, 0.4) is 0 Å². The van der Waals surface area contributed by atoms with E-state index in [0.29, 0.717) is 5.56 Å². The van der Waals surface area contributed by atoms with Crippen LogP contribution in [0.2, 0.25) is 10.6 Å². The first kappa shape index (κ1) is 7.64. The molecule has 2 aromatic rings. The van der Waals surface area contributed by atoms with Gasteiger partial charge in [-0.25, -0.2) is 0 Å². The highest BCUT2D eigenvalue weighted by molar-refractivity contribution is 6.31. The molecule has 0 fully saturated rings. The highest BCUT2D eigenvalue weighted by Crippen LogP contribution is 2.28. The summed E-state index contributed by atoms with van der Waals surface area (Å²) in [6.45, 7) is 0. The van der Waals surface area contributed by atoms with Crippen LogP contribution in [-0.2, 0) is 0 Å². The lowest BCUT2D eigenvalue weighted by molar-refractivity contribution is 0.557. The van der Waals surface area contributed by atoms with Gasteiger partial charge >= 0.3 is 5.35 Å². The number of aromatic nitrogens is 2. The summed E-state index contributed by atoms with van der Waals surface area (Å²) >= 11 is 11.1. The van der Waals surface area contributed by atoms with Gasteiger partial charge in [-0.05, 0) is 29.3 Å². The summed E-state index contributed by atoms with van der Waals surface area (Å²) < 4.78 is 9.73. The Morgan fingerprint density at radius 2 is 2.08 bits per heavy atom. The van der Waals surface area contributed by atoms with Gasteiger partial charge in [-0.2, -0.15) is 0 Å². The molecule has 0 aliphatic heterocycles. The van der Waals surface area contributed by atoms with E-state index in [-0.39, 0.29) is 16.5 Å². The molecular formula is C6H2Cl2N2O2. The molecule has 0 atom stereocenters. The highest BCUT2D eigenvalue weighted by atomic mass is 35.5. The second kappa shape index (κ2) is 2.80. The van der Waals surface area contributed by atoms with Gasteiger partial charge in [0.25, 0.3) is 5.89 Å². The van der Waals surface area contributed by atoms with Crippen molar-refractivity contribution in [3.63, 3.8) is 0 Å². The molecule has 6 heteroatoms. The van der Waals surface area contributed by atoms with Gasteiger partial charge in [0.2, 0.25) is 5.22 Å². The van der Waals surface area contributed by atoms with Crippen molar-refractivity contribution in [1.82, 2.24) is 10.2 Å². The van der Waals surface area contributed by atoms with Crippen LogP contribution in [-0.4, -0.2) is 10.2 Å². The van der Waals surface area contributed by atoms with E-state index in [0.717, 1.165) is 0 Å². The third-order valence-corrected chi connectivity index (χ3v) is 1.69. The van der Waals surface area contributed by atoms with E-state index in [2.05, 4.69) is 10.2 Å². The molecule has 2 heterocycles. The molecule has 0 N–H and O–H groups in total. The molecule has 0 saturated heterocycles. The predicted molar refractivity (Wildman–Crippen MR) is 42.0 cm³/mol. The van der Waals surface area contributed by atoms with Gasteiger partial charge < -0.3 is 8.83 Å². The van der Waals surface area contributed by atoms with Crippen LogP contribution in [0.1, 0.15) is 0 Å². The van der Waals surface area contributed by atoms with E-state index in [1.54, 1.807) is 6.07 Å². The molecule has 0 aliphatic rings. The van der Waals surface area contributed by atoms with Crippen LogP contribution in [0.25, 0.3) is 11.5 Å². The minimum atomic E-state index is -0.0257. The van der Waals surface area contributed by atoms with Gasteiger partial charge in [0.05, 0.1) is 11.8 Å². The van der Waals surface area contributed by atoms with Crippen LogP contribution in [0, 0.1) is 0 Å². The number of nitrogens with zero attached hydrogens (tertiary/aromatic N) is 2. The fourth-order valence-corrected chi connectivity index (χ4v) is 1.07. The van der Waals surface area contributed by atoms with E-state index >= 15 is 0 Å². The average Bonchev–Trinajstić information content (AvgIpc) is 2.58. The lowest BCUT2D eigenvalue weighted by Gasteiger charge is -1.85. The summed E-state index contributed by atoms with van der Waals surface area (Å²) in [5.74, 6) is 0.249. The standard InChI is InChI=1S/C6H2Cl2N2O2/c7-4-3(1-2-11-4)5-9-10-6(8)12-5/h1-2H. The van der Waals surface area contributed by atoms with Gasteiger partial charge in [0.1, 0.15) is 0 Å². The van der Waals surface area contributed by atoms with E-state index in [1.807, 2.05) is 0 Å². The summed E-state index contributed by atoms with van der Waals surface area (Å²) in [6, 6.07) is 1.62. The van der Waals surface area contributed by atoms with Gasteiger partial charge in [-0.15, -0.1) is 5.10 Å². The zero-order chi connectivity index (χ0) is 8.55. The van der Waals surface area contributed by atoms with Crippen LogP contribution in [0.15, 0.2) is 21.2 Å². The monoisotopic (exact) mass is 204 g/mol. The van der Waals surface area contributed by atoms with Crippen molar-refractivity contribution in [2.24, 2.45) is 0 Å². The van der Waals surface area contributed by atoms with E-state index in [4.69, 9.17) is 32.0 Å². The Bertz CT molecular complexity index is 396. The molecule has 0 saturated carbocycles. The Kier molecular flexibility index (Phi) is 1.78. The van der Waals surface area contributed by atoms with Gasteiger partial charge in [-0.3, -0.25) is 0 Å². The summed E-state index contributed by atoms with van der Waals surface area (Å²) in [5, 5.41) is 7.27. The second-order valence-electron chi connectivity index (χ2n) is 1.97. The fourth-order valence-electron chi connectivity index (χ4n) is 0.760. The third kappa shape index (κ3) is 1.19. The quantitative estimate of drug-likeness (QED) is 0.717. The summed E-state index contributed by atoms with van der Waals surface area (Å²) in [7, 11) is 0. The van der Waals surface area contributed by atoms with Gasteiger partial charge in [0.15, 0.2) is 0 Å². The minimum Gasteiger partial charge on any atom is -0.452 e. The van der Waals surface area contributed by atoms with Gasteiger partial charge in [-0.1, -0.05) is 5.10 Å². The summed E-state index contributed by atoms with van der Waals surface area (Å²) in [6.07, 6.45) is 1.43. The number of rotatable bonds is 1. The molecule has 2 rings (SSSR count). The molecule has 12 heavy (non-hydrogen) atoms. The maximum atomic E-state index is 5.65. The highest BCUT2D eigenvalue weighted by Gasteiger charge is 2.12. The van der Waals surface area contributed by atoms with Crippen molar-refractivity contribution in [2.75, 3.05) is 0 Å². The Labute approximate surface area is 77.1 Å².